The van der Waals surface area contributed by atoms with E-state index in [9.17, 15) is 9.59 Å². The van der Waals surface area contributed by atoms with Gasteiger partial charge in [-0.05, 0) is 30.2 Å². The molecular weight excluding hydrogens is 416 g/mol. The second-order valence-corrected chi connectivity index (χ2v) is 7.74. The van der Waals surface area contributed by atoms with Crippen LogP contribution in [0.15, 0.2) is 74.4 Å². The van der Waals surface area contributed by atoms with Crippen molar-refractivity contribution >= 4 is 28.7 Å². The maximum absolute atomic E-state index is 12.9. The van der Waals surface area contributed by atoms with Crippen molar-refractivity contribution in [1.82, 2.24) is 18.7 Å². The summed E-state index contributed by atoms with van der Waals surface area (Å²) in [6.45, 7) is 2.28. The first-order chi connectivity index (χ1) is 14.9. The van der Waals surface area contributed by atoms with Crippen molar-refractivity contribution in [2.24, 2.45) is 24.3 Å². The number of fused-ring (bicyclic) bond motifs is 1. The first kappa shape index (κ1) is 20.7. The predicted molar refractivity (Wildman–Crippen MR) is 120 cm³/mol. The van der Waals surface area contributed by atoms with E-state index < -0.39 is 11.2 Å². The van der Waals surface area contributed by atoms with Gasteiger partial charge in [0.25, 0.3) is 11.5 Å². The zero-order valence-electron chi connectivity index (χ0n) is 17.4. The highest BCUT2D eigenvalue weighted by Crippen LogP contribution is 2.24. The van der Waals surface area contributed by atoms with Crippen LogP contribution >= 0.6 is 11.6 Å². The smallest absolute Gasteiger partial charge is 0.297 e. The lowest BCUT2D eigenvalue weighted by molar-refractivity contribution is 0.701. The Bertz CT molecular complexity index is 1380. The van der Waals surface area contributed by atoms with Gasteiger partial charge in [-0.3, -0.25) is 18.5 Å². The maximum atomic E-state index is 12.9. The van der Waals surface area contributed by atoms with E-state index in [1.165, 1.54) is 11.6 Å². The lowest BCUT2D eigenvalue weighted by Gasteiger charge is -2.08. The fourth-order valence-electron chi connectivity index (χ4n) is 3.37. The maximum Gasteiger partial charge on any atom is 0.332 e. The Morgan fingerprint density at radius 2 is 1.68 bits per heavy atom. The van der Waals surface area contributed by atoms with Crippen LogP contribution in [0.4, 0.5) is 5.95 Å². The molecule has 2 aromatic carbocycles. The number of aromatic nitrogens is 4. The van der Waals surface area contributed by atoms with Crippen LogP contribution in [0.1, 0.15) is 24.1 Å². The van der Waals surface area contributed by atoms with Gasteiger partial charge in [0.15, 0.2) is 11.2 Å². The minimum absolute atomic E-state index is 0.242. The topological polar surface area (TPSA) is 86.5 Å². The average molecular weight is 437 g/mol. The first-order valence-electron chi connectivity index (χ1n) is 9.73. The molecule has 9 heteroatoms. The minimum atomic E-state index is -0.445. The summed E-state index contributed by atoms with van der Waals surface area (Å²) >= 11 is 5.96. The Balaban J connectivity index is 1.85. The number of aryl methyl sites for hydroxylation is 1. The van der Waals surface area contributed by atoms with Crippen LogP contribution in [-0.4, -0.2) is 18.7 Å². The fourth-order valence-corrected chi connectivity index (χ4v) is 3.50. The molecule has 31 heavy (non-hydrogen) atoms. The van der Waals surface area contributed by atoms with E-state index in [1.807, 2.05) is 49.4 Å². The summed E-state index contributed by atoms with van der Waals surface area (Å²) in [6, 6.07) is 16.8. The van der Waals surface area contributed by atoms with Crippen molar-refractivity contribution in [2.45, 2.75) is 19.5 Å². The van der Waals surface area contributed by atoms with Gasteiger partial charge in [-0.15, -0.1) is 5.11 Å². The molecule has 4 rings (SSSR count). The Morgan fingerprint density at radius 1 is 1.00 bits per heavy atom. The molecule has 0 aliphatic heterocycles. The van der Waals surface area contributed by atoms with Gasteiger partial charge >= 0.3 is 5.69 Å². The molecule has 0 amide bonds. The van der Waals surface area contributed by atoms with Crippen molar-refractivity contribution in [3.05, 3.63) is 91.6 Å². The van der Waals surface area contributed by atoms with Crippen molar-refractivity contribution in [3.63, 3.8) is 0 Å². The monoisotopic (exact) mass is 436 g/mol. The normalized spacial score (nSPS) is 12.6. The fraction of sp³-hybridized carbons (Fsp3) is 0.227. The number of imidazole rings is 1. The van der Waals surface area contributed by atoms with Gasteiger partial charge in [-0.25, -0.2) is 4.79 Å². The largest absolute Gasteiger partial charge is 0.332 e. The molecule has 8 nitrogen and oxygen atoms in total. The van der Waals surface area contributed by atoms with Crippen LogP contribution in [-0.2, 0) is 20.6 Å². The molecule has 0 saturated heterocycles. The lowest BCUT2D eigenvalue weighted by atomic mass is 10.1. The summed E-state index contributed by atoms with van der Waals surface area (Å²) in [5.74, 6) is 0.262. The van der Waals surface area contributed by atoms with Gasteiger partial charge in [-0.2, -0.15) is 10.1 Å². The van der Waals surface area contributed by atoms with E-state index in [1.54, 1.807) is 23.7 Å². The molecule has 158 valence electrons. The van der Waals surface area contributed by atoms with Crippen LogP contribution in [0, 0.1) is 0 Å². The number of azo groups is 1. The lowest BCUT2D eigenvalue weighted by Crippen LogP contribution is -2.37. The van der Waals surface area contributed by atoms with Crippen molar-refractivity contribution in [3.8, 4) is 0 Å². The highest BCUT2D eigenvalue weighted by molar-refractivity contribution is 6.30. The van der Waals surface area contributed by atoms with Crippen molar-refractivity contribution < 1.29 is 0 Å². The molecule has 0 N–H and O–H groups in total. The minimum Gasteiger partial charge on any atom is -0.297 e. The molecule has 0 fully saturated rings. The standard InChI is InChI=1S/C22H21ClN6O2/c1-14(16-9-11-17(23)12-10-16)25-26-21-24-19-18(20(30)28(3)22(31)27(19)2)29(21)13-15-7-5-4-6-8-15/h4-12,14H,13H2,1-3H3. The Labute approximate surface area is 183 Å². The van der Waals surface area contributed by atoms with E-state index in [0.717, 1.165) is 15.7 Å². The third-order valence-electron chi connectivity index (χ3n) is 5.18. The third-order valence-corrected chi connectivity index (χ3v) is 5.44. The third kappa shape index (κ3) is 3.94. The van der Waals surface area contributed by atoms with Crippen LogP contribution in [0.2, 0.25) is 5.02 Å². The molecule has 0 spiro atoms. The number of benzene rings is 2. The average Bonchev–Trinajstić information content (AvgIpc) is 3.14. The first-order valence-corrected chi connectivity index (χ1v) is 10.1. The van der Waals surface area contributed by atoms with E-state index in [-0.39, 0.29) is 17.6 Å². The van der Waals surface area contributed by atoms with Gasteiger partial charge in [0.1, 0.15) is 0 Å². The molecule has 0 radical (unpaired) electrons. The predicted octanol–water partition coefficient (Wildman–Crippen LogP) is 3.98. The molecule has 2 heterocycles. The van der Waals surface area contributed by atoms with Crippen LogP contribution in [0.5, 0.6) is 0 Å². The molecule has 1 unspecified atom stereocenters. The molecule has 1 atom stereocenters. The van der Waals surface area contributed by atoms with Gasteiger partial charge in [0.05, 0.1) is 12.6 Å². The van der Waals surface area contributed by atoms with Gasteiger partial charge in [-0.1, -0.05) is 54.1 Å². The summed E-state index contributed by atoms with van der Waals surface area (Å²) in [5.41, 5.74) is 1.63. The Kier molecular flexibility index (Phi) is 5.56. The molecule has 2 aromatic heterocycles. The molecule has 4 aromatic rings. The quantitative estimate of drug-likeness (QED) is 0.443. The number of hydrogen-bond donors (Lipinski definition) is 0. The van der Waals surface area contributed by atoms with E-state index >= 15 is 0 Å². The van der Waals surface area contributed by atoms with Gasteiger partial charge < -0.3 is 0 Å². The van der Waals surface area contributed by atoms with Gasteiger partial charge in [0, 0.05) is 19.1 Å². The highest BCUT2D eigenvalue weighted by atomic mass is 35.5. The van der Waals surface area contributed by atoms with Crippen LogP contribution in [0.3, 0.4) is 0 Å². The second kappa shape index (κ2) is 8.31. The summed E-state index contributed by atoms with van der Waals surface area (Å²) in [5, 5.41) is 9.41. The summed E-state index contributed by atoms with van der Waals surface area (Å²) in [4.78, 5) is 29.8. The molecule has 0 aliphatic carbocycles. The SMILES string of the molecule is CC(N=Nc1nc2c(c(=O)n(C)c(=O)n2C)n1Cc1ccccc1)c1ccc(Cl)cc1. The number of nitrogens with zero attached hydrogens (tertiary/aromatic N) is 6. The molecular formula is C22H21ClN6O2. The van der Waals surface area contributed by atoms with E-state index in [4.69, 9.17) is 11.6 Å². The summed E-state index contributed by atoms with van der Waals surface area (Å²) < 4.78 is 4.12. The zero-order valence-corrected chi connectivity index (χ0v) is 18.1. The van der Waals surface area contributed by atoms with Crippen molar-refractivity contribution in [1.29, 1.82) is 0 Å². The number of hydrogen-bond acceptors (Lipinski definition) is 5. The highest BCUT2D eigenvalue weighted by Gasteiger charge is 2.19. The van der Waals surface area contributed by atoms with E-state index in [0.29, 0.717) is 17.1 Å². The van der Waals surface area contributed by atoms with Gasteiger partial charge in [0.2, 0.25) is 0 Å². The molecule has 0 saturated carbocycles. The second-order valence-electron chi connectivity index (χ2n) is 7.30. The zero-order chi connectivity index (χ0) is 22.1. The van der Waals surface area contributed by atoms with Crippen molar-refractivity contribution in [2.75, 3.05) is 0 Å². The Morgan fingerprint density at radius 3 is 2.35 bits per heavy atom. The summed E-state index contributed by atoms with van der Waals surface area (Å²) in [6.07, 6.45) is 0. The van der Waals surface area contributed by atoms with Crippen LogP contribution in [0.25, 0.3) is 11.2 Å². The number of halogens is 1. The van der Waals surface area contributed by atoms with E-state index in [2.05, 4.69) is 15.2 Å². The Hall–Kier alpha value is -3.52. The summed E-state index contributed by atoms with van der Waals surface area (Å²) in [7, 11) is 3.04. The molecule has 0 bridgehead atoms. The van der Waals surface area contributed by atoms with Crippen LogP contribution < -0.4 is 11.2 Å². The number of rotatable bonds is 5. The molecule has 0 aliphatic rings.